The molecule has 2 aromatic rings. The number of amides is 2. The van der Waals surface area contributed by atoms with Gasteiger partial charge in [-0.25, -0.2) is 4.39 Å². The average molecular weight is 444 g/mol. The van der Waals surface area contributed by atoms with Gasteiger partial charge in [0.25, 0.3) is 5.91 Å². The fourth-order valence-corrected chi connectivity index (χ4v) is 3.80. The molecule has 2 unspecified atom stereocenters. The van der Waals surface area contributed by atoms with E-state index in [1.807, 2.05) is 13.8 Å². The van der Waals surface area contributed by atoms with Crippen LogP contribution in [0.5, 0.6) is 11.5 Å². The van der Waals surface area contributed by atoms with Gasteiger partial charge in [-0.3, -0.25) is 14.5 Å². The number of nitrogens with zero attached hydrogens (tertiary/aromatic N) is 2. The van der Waals surface area contributed by atoms with Gasteiger partial charge in [-0.1, -0.05) is 12.1 Å². The van der Waals surface area contributed by atoms with Crippen LogP contribution >= 0.6 is 0 Å². The smallest absolute Gasteiger partial charge is 0.254 e. The number of piperazine rings is 1. The molecule has 2 amide bonds. The summed E-state index contributed by atoms with van der Waals surface area (Å²) in [6, 6.07) is 10.7. The number of rotatable bonds is 7. The van der Waals surface area contributed by atoms with E-state index >= 15 is 0 Å². The van der Waals surface area contributed by atoms with E-state index in [0.717, 1.165) is 5.56 Å². The second-order valence-corrected chi connectivity index (χ2v) is 7.86. The summed E-state index contributed by atoms with van der Waals surface area (Å²) in [5.74, 6) is 0.608. The number of carbonyl (C=O) groups excluding carboxylic acids is 2. The second-order valence-electron chi connectivity index (χ2n) is 7.86. The number of halogens is 1. The van der Waals surface area contributed by atoms with Crippen molar-refractivity contribution in [1.82, 2.24) is 15.1 Å². The minimum Gasteiger partial charge on any atom is -0.493 e. The molecule has 1 heterocycles. The van der Waals surface area contributed by atoms with Gasteiger partial charge in [0, 0.05) is 31.7 Å². The molecule has 1 fully saturated rings. The van der Waals surface area contributed by atoms with E-state index in [0.29, 0.717) is 43.2 Å². The summed E-state index contributed by atoms with van der Waals surface area (Å²) in [6.45, 7) is 5.98. The maximum absolute atomic E-state index is 13.1. The number of carbonyl (C=O) groups is 2. The van der Waals surface area contributed by atoms with Crippen molar-refractivity contribution >= 4 is 11.8 Å². The van der Waals surface area contributed by atoms with E-state index in [1.54, 1.807) is 42.3 Å². The Labute approximate surface area is 188 Å². The zero-order chi connectivity index (χ0) is 23.3. The molecule has 0 aromatic heterocycles. The van der Waals surface area contributed by atoms with E-state index < -0.39 is 0 Å². The van der Waals surface area contributed by atoms with Crippen molar-refractivity contribution in [3.05, 3.63) is 59.4 Å². The minimum atomic E-state index is -0.337. The Morgan fingerprint density at radius 1 is 0.938 bits per heavy atom. The molecule has 1 saturated heterocycles. The topological polar surface area (TPSA) is 71.1 Å². The Morgan fingerprint density at radius 2 is 1.56 bits per heavy atom. The molecule has 8 heteroatoms. The largest absolute Gasteiger partial charge is 0.493 e. The maximum atomic E-state index is 13.1. The number of hydrogen-bond acceptors (Lipinski definition) is 5. The molecule has 0 saturated carbocycles. The first-order chi connectivity index (χ1) is 15.3. The highest BCUT2D eigenvalue weighted by Gasteiger charge is 2.29. The SMILES string of the molecule is COc1ccc(C(=O)N2CCN(C(C)C(=O)NC(C)c3ccc(F)cc3)CC2)cc1OC. The first-order valence-corrected chi connectivity index (χ1v) is 10.6. The van der Waals surface area contributed by atoms with Gasteiger partial charge in [0.1, 0.15) is 5.82 Å². The Balaban J connectivity index is 1.54. The lowest BCUT2D eigenvalue weighted by atomic mass is 10.1. The highest BCUT2D eigenvalue weighted by atomic mass is 19.1. The van der Waals surface area contributed by atoms with E-state index in [2.05, 4.69) is 10.2 Å². The molecule has 32 heavy (non-hydrogen) atoms. The van der Waals surface area contributed by atoms with E-state index in [9.17, 15) is 14.0 Å². The molecule has 0 spiro atoms. The number of methoxy groups -OCH3 is 2. The van der Waals surface area contributed by atoms with Crippen LogP contribution in [0.4, 0.5) is 4.39 Å². The van der Waals surface area contributed by atoms with Crippen molar-refractivity contribution in [2.45, 2.75) is 25.9 Å². The zero-order valence-corrected chi connectivity index (χ0v) is 18.9. The third-order valence-corrected chi connectivity index (χ3v) is 5.89. The standard InChI is InChI=1S/C24H30FN3O4/c1-16(18-5-8-20(25)9-6-18)26-23(29)17(2)27-11-13-28(14-12-27)24(30)19-7-10-21(31-3)22(15-19)32-4/h5-10,15-17H,11-14H2,1-4H3,(H,26,29). The summed E-state index contributed by atoms with van der Waals surface area (Å²) < 4.78 is 23.6. The quantitative estimate of drug-likeness (QED) is 0.713. The van der Waals surface area contributed by atoms with E-state index in [1.165, 1.54) is 19.2 Å². The summed E-state index contributed by atoms with van der Waals surface area (Å²) >= 11 is 0. The van der Waals surface area contributed by atoms with E-state index in [4.69, 9.17) is 9.47 Å². The predicted molar refractivity (Wildman–Crippen MR) is 119 cm³/mol. The van der Waals surface area contributed by atoms with Crippen LogP contribution in [0, 0.1) is 5.82 Å². The highest BCUT2D eigenvalue weighted by molar-refractivity contribution is 5.95. The molecule has 1 aliphatic rings. The first kappa shape index (κ1) is 23.5. The summed E-state index contributed by atoms with van der Waals surface area (Å²) in [4.78, 5) is 29.5. The van der Waals surface area contributed by atoms with Gasteiger partial charge in [-0.15, -0.1) is 0 Å². The molecule has 3 rings (SSSR count). The fourth-order valence-electron chi connectivity index (χ4n) is 3.80. The maximum Gasteiger partial charge on any atom is 0.254 e. The van der Waals surface area contributed by atoms with Gasteiger partial charge >= 0.3 is 0 Å². The van der Waals surface area contributed by atoms with Gasteiger partial charge in [0.05, 0.1) is 26.3 Å². The number of nitrogens with one attached hydrogen (secondary N) is 1. The summed E-state index contributed by atoms with van der Waals surface area (Å²) in [7, 11) is 3.09. The fraction of sp³-hybridized carbons (Fsp3) is 0.417. The Kier molecular flexibility index (Phi) is 7.69. The van der Waals surface area contributed by atoms with Crippen molar-refractivity contribution in [2.75, 3.05) is 40.4 Å². The van der Waals surface area contributed by atoms with Crippen molar-refractivity contribution in [2.24, 2.45) is 0 Å². The van der Waals surface area contributed by atoms with Gasteiger partial charge in [0.15, 0.2) is 11.5 Å². The van der Waals surface area contributed by atoms with Crippen LogP contribution in [0.25, 0.3) is 0 Å². The van der Waals surface area contributed by atoms with Crippen LogP contribution in [-0.2, 0) is 4.79 Å². The molecule has 2 atom stereocenters. The average Bonchev–Trinajstić information content (AvgIpc) is 2.83. The van der Waals surface area contributed by atoms with Crippen molar-refractivity contribution < 1.29 is 23.5 Å². The van der Waals surface area contributed by atoms with Crippen LogP contribution in [0.1, 0.15) is 35.8 Å². The molecular weight excluding hydrogens is 413 g/mol. The summed E-state index contributed by atoms with van der Waals surface area (Å²) in [5.41, 5.74) is 1.38. The molecule has 7 nitrogen and oxygen atoms in total. The Hall–Kier alpha value is -3.13. The molecule has 0 aliphatic carbocycles. The molecular formula is C24H30FN3O4. The van der Waals surface area contributed by atoms with Gasteiger partial charge < -0.3 is 19.7 Å². The molecule has 0 radical (unpaired) electrons. The second kappa shape index (κ2) is 10.5. The van der Waals surface area contributed by atoms with Crippen LogP contribution in [0.2, 0.25) is 0 Å². The summed E-state index contributed by atoms with van der Waals surface area (Å²) in [5, 5.41) is 2.99. The van der Waals surface area contributed by atoms with Crippen LogP contribution in [0.3, 0.4) is 0 Å². The normalized spacial score (nSPS) is 16.2. The molecule has 1 N–H and O–H groups in total. The van der Waals surface area contributed by atoms with Crippen molar-refractivity contribution in [1.29, 1.82) is 0 Å². The molecule has 1 aliphatic heterocycles. The monoisotopic (exact) mass is 443 g/mol. The third kappa shape index (κ3) is 5.37. The van der Waals surface area contributed by atoms with Crippen LogP contribution < -0.4 is 14.8 Å². The Bertz CT molecular complexity index is 943. The van der Waals surface area contributed by atoms with Crippen LogP contribution in [-0.4, -0.2) is 68.1 Å². The number of hydrogen-bond donors (Lipinski definition) is 1. The van der Waals surface area contributed by atoms with Gasteiger partial charge in [-0.05, 0) is 49.7 Å². The van der Waals surface area contributed by atoms with Gasteiger partial charge in [0.2, 0.25) is 5.91 Å². The Morgan fingerprint density at radius 3 is 2.16 bits per heavy atom. The third-order valence-electron chi connectivity index (χ3n) is 5.89. The highest BCUT2D eigenvalue weighted by Crippen LogP contribution is 2.28. The molecule has 2 aromatic carbocycles. The number of ether oxygens (including phenoxy) is 2. The minimum absolute atomic E-state index is 0.0763. The zero-order valence-electron chi connectivity index (χ0n) is 18.9. The lowest BCUT2D eigenvalue weighted by Crippen LogP contribution is -2.55. The predicted octanol–water partition coefficient (Wildman–Crippen LogP) is 2.87. The summed E-state index contributed by atoms with van der Waals surface area (Å²) in [6.07, 6.45) is 0. The van der Waals surface area contributed by atoms with Crippen molar-refractivity contribution in [3.8, 4) is 11.5 Å². The number of benzene rings is 2. The first-order valence-electron chi connectivity index (χ1n) is 10.6. The lowest BCUT2D eigenvalue weighted by Gasteiger charge is -2.37. The molecule has 0 bridgehead atoms. The van der Waals surface area contributed by atoms with Crippen LogP contribution in [0.15, 0.2) is 42.5 Å². The van der Waals surface area contributed by atoms with E-state index in [-0.39, 0.29) is 29.7 Å². The molecule has 172 valence electrons. The van der Waals surface area contributed by atoms with Crippen molar-refractivity contribution in [3.63, 3.8) is 0 Å². The lowest BCUT2D eigenvalue weighted by molar-refractivity contribution is -0.127. The van der Waals surface area contributed by atoms with Gasteiger partial charge in [-0.2, -0.15) is 0 Å².